The summed E-state index contributed by atoms with van der Waals surface area (Å²) < 4.78 is 26.8. The summed E-state index contributed by atoms with van der Waals surface area (Å²) in [5.41, 5.74) is 2.20. The smallest absolute Gasteiger partial charge is 0.266 e. The summed E-state index contributed by atoms with van der Waals surface area (Å²) in [6.07, 6.45) is 3.47. The van der Waals surface area contributed by atoms with E-state index in [9.17, 15) is 18.0 Å². The Labute approximate surface area is 195 Å². The second-order valence-electron chi connectivity index (χ2n) is 9.87. The maximum Gasteiger partial charge on any atom is 0.266 e. The summed E-state index contributed by atoms with van der Waals surface area (Å²) in [6, 6.07) is 14.2. The van der Waals surface area contributed by atoms with Crippen LogP contribution in [-0.2, 0) is 10.0 Å². The van der Waals surface area contributed by atoms with Gasteiger partial charge in [0.1, 0.15) is 0 Å². The van der Waals surface area contributed by atoms with Gasteiger partial charge in [0, 0.05) is 18.3 Å². The molecule has 1 heterocycles. The molecule has 1 fully saturated rings. The van der Waals surface area contributed by atoms with Gasteiger partial charge in [-0.2, -0.15) is 0 Å². The molecular weight excluding hydrogens is 438 g/mol. The molecule has 2 aromatic rings. The molecule has 2 amide bonds. The van der Waals surface area contributed by atoms with Crippen LogP contribution in [0.1, 0.15) is 67.2 Å². The lowest BCUT2D eigenvalue weighted by atomic mass is 9.86. The fourth-order valence-corrected chi connectivity index (χ4v) is 5.33. The van der Waals surface area contributed by atoms with Crippen molar-refractivity contribution in [1.82, 2.24) is 4.72 Å². The molecule has 0 atom stereocenters. The largest absolute Gasteiger partial charge is 0.385 e. The van der Waals surface area contributed by atoms with Crippen molar-refractivity contribution in [3.05, 3.63) is 59.7 Å². The van der Waals surface area contributed by atoms with Crippen LogP contribution in [0, 0.1) is 5.92 Å². The first kappa shape index (κ1) is 23.4. The van der Waals surface area contributed by atoms with Crippen LogP contribution in [0.2, 0.25) is 0 Å². The Hall–Kier alpha value is -2.71. The van der Waals surface area contributed by atoms with Crippen molar-refractivity contribution >= 4 is 33.2 Å². The van der Waals surface area contributed by atoms with Gasteiger partial charge in [0.15, 0.2) is 0 Å². The van der Waals surface area contributed by atoms with Gasteiger partial charge in [-0.3, -0.25) is 9.59 Å². The van der Waals surface area contributed by atoms with Crippen LogP contribution in [0.25, 0.3) is 0 Å². The molecular formula is C25H31N3O4S. The molecule has 1 aliphatic carbocycles. The van der Waals surface area contributed by atoms with E-state index >= 15 is 0 Å². The zero-order chi connectivity index (χ0) is 23.8. The van der Waals surface area contributed by atoms with Crippen LogP contribution in [0.3, 0.4) is 0 Å². The first-order valence-corrected chi connectivity index (χ1v) is 12.9. The average molecular weight is 470 g/mol. The molecule has 1 saturated carbocycles. The van der Waals surface area contributed by atoms with E-state index in [2.05, 4.69) is 10.0 Å². The number of hydrogen-bond acceptors (Lipinski definition) is 5. The highest BCUT2D eigenvalue weighted by Gasteiger charge is 2.37. The number of fused-ring (bicyclic) bond motifs is 1. The Morgan fingerprint density at radius 3 is 2.18 bits per heavy atom. The monoisotopic (exact) mass is 469 g/mol. The van der Waals surface area contributed by atoms with Gasteiger partial charge in [-0.15, -0.1) is 0 Å². The fourth-order valence-electron chi connectivity index (χ4n) is 4.31. The van der Waals surface area contributed by atoms with E-state index in [1.54, 1.807) is 57.2 Å². The standard InChI is InChI=1S/C25H31N3O4S/c1-25(2,3)33(31,32)27-18-11-9-17(10-12-18)16-26-19-13-14-21-22(15-19)24(30)28(23(21)29)20-7-5-4-6-8-20/h4-8,13-15,17-18,26-27H,9-12,16H2,1-3H3. The second kappa shape index (κ2) is 8.91. The molecule has 176 valence electrons. The Bertz CT molecular complexity index is 1150. The van der Waals surface area contributed by atoms with E-state index in [-0.39, 0.29) is 17.9 Å². The number of carbonyl (C=O) groups excluding carboxylic acids is 2. The third-order valence-electron chi connectivity index (χ3n) is 6.47. The predicted molar refractivity (Wildman–Crippen MR) is 130 cm³/mol. The lowest BCUT2D eigenvalue weighted by Crippen LogP contribution is -2.46. The minimum Gasteiger partial charge on any atom is -0.385 e. The molecule has 0 saturated heterocycles. The number of benzene rings is 2. The van der Waals surface area contributed by atoms with Crippen LogP contribution in [-0.4, -0.2) is 37.6 Å². The summed E-state index contributed by atoms with van der Waals surface area (Å²) in [4.78, 5) is 26.9. The van der Waals surface area contributed by atoms with Crippen LogP contribution in [0.15, 0.2) is 48.5 Å². The number of hydrogen-bond donors (Lipinski definition) is 2. The first-order valence-electron chi connectivity index (χ1n) is 11.4. The number of sulfonamides is 1. The van der Waals surface area contributed by atoms with Crippen molar-refractivity contribution in [2.24, 2.45) is 5.92 Å². The molecule has 8 heteroatoms. The number of para-hydroxylation sites is 1. The van der Waals surface area contributed by atoms with E-state index in [1.165, 1.54) is 4.90 Å². The van der Waals surface area contributed by atoms with Gasteiger partial charge < -0.3 is 5.32 Å². The van der Waals surface area contributed by atoms with Gasteiger partial charge in [0.05, 0.1) is 21.6 Å². The molecule has 33 heavy (non-hydrogen) atoms. The van der Waals surface area contributed by atoms with Crippen molar-refractivity contribution in [3.8, 4) is 0 Å². The number of rotatable bonds is 6. The summed E-state index contributed by atoms with van der Waals surface area (Å²) >= 11 is 0. The van der Waals surface area contributed by atoms with Gasteiger partial charge in [-0.05, 0) is 82.7 Å². The highest BCUT2D eigenvalue weighted by atomic mass is 32.2. The van der Waals surface area contributed by atoms with E-state index < -0.39 is 14.8 Å². The molecule has 0 radical (unpaired) electrons. The number of imide groups is 1. The molecule has 1 aliphatic heterocycles. The Balaban J connectivity index is 1.34. The summed E-state index contributed by atoms with van der Waals surface area (Å²) in [7, 11) is -3.34. The van der Waals surface area contributed by atoms with Crippen molar-refractivity contribution in [1.29, 1.82) is 0 Å². The molecule has 0 aromatic heterocycles. The minimum absolute atomic E-state index is 0.0157. The molecule has 0 spiro atoms. The van der Waals surface area contributed by atoms with Crippen LogP contribution in [0.5, 0.6) is 0 Å². The zero-order valence-corrected chi connectivity index (χ0v) is 20.1. The third kappa shape index (κ3) is 4.82. The number of nitrogens with zero attached hydrogens (tertiary/aromatic N) is 1. The van der Waals surface area contributed by atoms with Gasteiger partial charge in [-0.25, -0.2) is 18.0 Å². The molecule has 2 aromatic carbocycles. The van der Waals surface area contributed by atoms with Gasteiger partial charge in [0.2, 0.25) is 10.0 Å². The quantitative estimate of drug-likeness (QED) is 0.619. The van der Waals surface area contributed by atoms with E-state index in [0.29, 0.717) is 22.7 Å². The zero-order valence-electron chi connectivity index (χ0n) is 19.3. The first-order chi connectivity index (χ1) is 15.6. The van der Waals surface area contributed by atoms with Crippen LogP contribution >= 0.6 is 0 Å². The molecule has 4 rings (SSSR count). The topological polar surface area (TPSA) is 95.6 Å². The maximum atomic E-state index is 12.9. The highest BCUT2D eigenvalue weighted by Crippen LogP contribution is 2.31. The lowest BCUT2D eigenvalue weighted by Gasteiger charge is -2.31. The SMILES string of the molecule is CC(C)(C)S(=O)(=O)NC1CCC(CNc2ccc3c(c2)C(=O)N(c2ccccc2)C3=O)CC1. The van der Waals surface area contributed by atoms with Crippen molar-refractivity contribution in [2.45, 2.75) is 57.2 Å². The maximum absolute atomic E-state index is 12.9. The molecule has 2 N–H and O–H groups in total. The summed E-state index contributed by atoms with van der Waals surface area (Å²) in [5.74, 6) is -0.188. The fraction of sp³-hybridized carbons (Fsp3) is 0.440. The lowest BCUT2D eigenvalue weighted by molar-refractivity contribution is 0.0926. The van der Waals surface area contributed by atoms with Gasteiger partial charge >= 0.3 is 0 Å². The molecule has 0 bridgehead atoms. The highest BCUT2D eigenvalue weighted by molar-refractivity contribution is 7.90. The number of amides is 2. The molecule has 2 aliphatic rings. The number of anilines is 2. The van der Waals surface area contributed by atoms with Crippen molar-refractivity contribution in [2.75, 3.05) is 16.8 Å². The van der Waals surface area contributed by atoms with Crippen LogP contribution in [0.4, 0.5) is 11.4 Å². The van der Waals surface area contributed by atoms with E-state index in [1.807, 2.05) is 12.1 Å². The normalized spacial score (nSPS) is 21.2. The van der Waals surface area contributed by atoms with Gasteiger partial charge in [0.25, 0.3) is 11.8 Å². The Morgan fingerprint density at radius 2 is 1.55 bits per heavy atom. The third-order valence-corrected chi connectivity index (χ3v) is 8.73. The Kier molecular flexibility index (Phi) is 6.33. The second-order valence-corrected chi connectivity index (χ2v) is 12.3. The Morgan fingerprint density at radius 1 is 0.909 bits per heavy atom. The predicted octanol–water partition coefficient (Wildman–Crippen LogP) is 4.18. The van der Waals surface area contributed by atoms with E-state index in [0.717, 1.165) is 37.9 Å². The average Bonchev–Trinajstić information content (AvgIpc) is 3.02. The summed E-state index contributed by atoms with van der Waals surface area (Å²) in [5, 5.41) is 3.40. The van der Waals surface area contributed by atoms with Gasteiger partial charge in [-0.1, -0.05) is 18.2 Å². The minimum atomic E-state index is -3.34. The molecule has 0 unspecified atom stereocenters. The number of carbonyl (C=O) groups is 2. The summed E-state index contributed by atoms with van der Waals surface area (Å²) in [6.45, 7) is 5.86. The van der Waals surface area contributed by atoms with Crippen LogP contribution < -0.4 is 14.9 Å². The molecule has 7 nitrogen and oxygen atoms in total. The van der Waals surface area contributed by atoms with E-state index in [4.69, 9.17) is 0 Å². The number of nitrogens with one attached hydrogen (secondary N) is 2. The van der Waals surface area contributed by atoms with Crippen molar-refractivity contribution in [3.63, 3.8) is 0 Å². The van der Waals surface area contributed by atoms with Crippen molar-refractivity contribution < 1.29 is 18.0 Å².